The number of aromatic nitrogens is 1. The number of amides is 1. The average Bonchev–Trinajstić information content (AvgIpc) is 2.18. The minimum Gasteiger partial charge on any atom is -0.369 e. The summed E-state index contributed by atoms with van der Waals surface area (Å²) in [6.07, 6.45) is 0.0216. The van der Waals surface area contributed by atoms with Crippen molar-refractivity contribution in [2.24, 2.45) is 5.73 Å². The number of nitrogens with two attached hydrogens (primary N) is 1. The Hall–Kier alpha value is -1.81. The molecular weight excluding hydrogens is 228 g/mol. The van der Waals surface area contributed by atoms with Crippen LogP contribution in [0, 0.1) is 0 Å². The van der Waals surface area contributed by atoms with Gasteiger partial charge in [-0.15, -0.1) is 0 Å². The highest BCUT2D eigenvalue weighted by Crippen LogP contribution is 2.15. The van der Waals surface area contributed by atoms with E-state index >= 15 is 0 Å². The molecule has 0 radical (unpaired) electrons. The molecule has 16 heavy (non-hydrogen) atoms. The van der Waals surface area contributed by atoms with E-state index in [-0.39, 0.29) is 11.8 Å². The van der Waals surface area contributed by atoms with Crippen molar-refractivity contribution in [3.8, 4) is 0 Å². The molecule has 0 saturated heterocycles. The number of fused-ring (bicyclic) bond motifs is 1. The number of H-pyrrole nitrogens is 1. The van der Waals surface area contributed by atoms with Crippen molar-refractivity contribution in [1.82, 2.24) is 4.98 Å². The minimum atomic E-state index is -0.482. The van der Waals surface area contributed by atoms with E-state index in [1.165, 1.54) is 6.07 Å². The molecule has 0 unspecified atom stereocenters. The van der Waals surface area contributed by atoms with Gasteiger partial charge in [-0.2, -0.15) is 0 Å². The van der Waals surface area contributed by atoms with Gasteiger partial charge in [-0.05, 0) is 18.2 Å². The fourth-order valence-electron chi connectivity index (χ4n) is 1.56. The Bertz CT molecular complexity index is 619. The van der Waals surface area contributed by atoms with Crippen LogP contribution in [0.3, 0.4) is 0 Å². The molecule has 2 rings (SSSR count). The molecule has 0 aliphatic rings. The summed E-state index contributed by atoms with van der Waals surface area (Å²) < 4.78 is 0. The average molecular weight is 237 g/mol. The van der Waals surface area contributed by atoms with Crippen LogP contribution in [0.25, 0.3) is 10.9 Å². The van der Waals surface area contributed by atoms with Gasteiger partial charge in [-0.3, -0.25) is 9.59 Å². The summed E-state index contributed by atoms with van der Waals surface area (Å²) in [7, 11) is 0. The van der Waals surface area contributed by atoms with Crippen molar-refractivity contribution < 1.29 is 4.79 Å². The lowest BCUT2D eigenvalue weighted by Crippen LogP contribution is -2.16. The summed E-state index contributed by atoms with van der Waals surface area (Å²) in [6.45, 7) is 0. The summed E-state index contributed by atoms with van der Waals surface area (Å²) in [5.74, 6) is -0.482. The Kier molecular flexibility index (Phi) is 2.66. The molecular formula is C11H9ClN2O2. The molecule has 82 valence electrons. The van der Waals surface area contributed by atoms with E-state index in [9.17, 15) is 9.59 Å². The molecule has 0 saturated carbocycles. The monoisotopic (exact) mass is 236 g/mol. The standard InChI is InChI=1S/C11H9ClN2O2/c12-6-1-2-9-8(3-6)10(15)4-7(14-9)5-11(13)16/h1-4H,5H2,(H2,13,16)(H,14,15). The number of halogens is 1. The van der Waals surface area contributed by atoms with E-state index in [4.69, 9.17) is 17.3 Å². The number of rotatable bonds is 2. The molecule has 5 heteroatoms. The third kappa shape index (κ3) is 2.06. The van der Waals surface area contributed by atoms with E-state index in [2.05, 4.69) is 4.98 Å². The second-order valence-corrected chi connectivity index (χ2v) is 3.93. The summed E-state index contributed by atoms with van der Waals surface area (Å²) >= 11 is 5.79. The second-order valence-electron chi connectivity index (χ2n) is 3.49. The number of hydrogen-bond acceptors (Lipinski definition) is 2. The molecule has 0 aliphatic heterocycles. The first-order valence-electron chi connectivity index (χ1n) is 4.66. The van der Waals surface area contributed by atoms with Gasteiger partial charge in [0, 0.05) is 27.7 Å². The van der Waals surface area contributed by atoms with E-state index in [1.807, 2.05) is 0 Å². The fraction of sp³-hybridized carbons (Fsp3) is 0.0909. The van der Waals surface area contributed by atoms with Crippen molar-refractivity contribution in [1.29, 1.82) is 0 Å². The zero-order chi connectivity index (χ0) is 11.7. The van der Waals surface area contributed by atoms with Crippen LogP contribution in [0.2, 0.25) is 5.02 Å². The van der Waals surface area contributed by atoms with Gasteiger partial charge >= 0.3 is 0 Å². The van der Waals surface area contributed by atoms with E-state index < -0.39 is 5.91 Å². The number of pyridine rings is 1. The maximum Gasteiger partial charge on any atom is 0.223 e. The van der Waals surface area contributed by atoms with E-state index in [0.717, 1.165) is 0 Å². The molecule has 1 heterocycles. The zero-order valence-electron chi connectivity index (χ0n) is 8.29. The predicted molar refractivity (Wildman–Crippen MR) is 62.5 cm³/mol. The number of nitrogens with one attached hydrogen (secondary N) is 1. The van der Waals surface area contributed by atoms with Crippen LogP contribution >= 0.6 is 11.6 Å². The minimum absolute atomic E-state index is 0.0216. The summed E-state index contributed by atoms with van der Waals surface area (Å²) in [4.78, 5) is 25.4. The van der Waals surface area contributed by atoms with Gasteiger partial charge in [0.1, 0.15) is 0 Å². The Labute approximate surface area is 96.0 Å². The van der Waals surface area contributed by atoms with Gasteiger partial charge in [-0.1, -0.05) is 11.6 Å². The fourth-order valence-corrected chi connectivity index (χ4v) is 1.73. The lowest BCUT2D eigenvalue weighted by molar-refractivity contribution is -0.117. The van der Waals surface area contributed by atoms with Gasteiger partial charge in [0.15, 0.2) is 5.43 Å². The normalized spacial score (nSPS) is 10.6. The Morgan fingerprint density at radius 2 is 2.12 bits per heavy atom. The highest BCUT2D eigenvalue weighted by atomic mass is 35.5. The molecule has 1 aromatic heterocycles. The first-order valence-corrected chi connectivity index (χ1v) is 5.04. The number of benzene rings is 1. The third-order valence-electron chi connectivity index (χ3n) is 2.21. The van der Waals surface area contributed by atoms with Crippen molar-refractivity contribution in [3.63, 3.8) is 0 Å². The second kappa shape index (κ2) is 3.98. The SMILES string of the molecule is NC(=O)Cc1cc(=O)c2cc(Cl)ccc2[nH]1. The number of aromatic amines is 1. The van der Waals surface area contributed by atoms with Crippen LogP contribution in [-0.2, 0) is 11.2 Å². The molecule has 3 N–H and O–H groups in total. The highest BCUT2D eigenvalue weighted by molar-refractivity contribution is 6.31. The number of hydrogen-bond donors (Lipinski definition) is 2. The molecule has 0 bridgehead atoms. The summed E-state index contributed by atoms with van der Waals surface area (Å²) in [6, 6.07) is 6.32. The van der Waals surface area contributed by atoms with Gasteiger partial charge in [0.05, 0.1) is 6.42 Å². The van der Waals surface area contributed by atoms with Crippen molar-refractivity contribution in [2.45, 2.75) is 6.42 Å². The lowest BCUT2D eigenvalue weighted by Gasteiger charge is -2.02. The first-order chi connectivity index (χ1) is 7.56. The van der Waals surface area contributed by atoms with Crippen LogP contribution < -0.4 is 11.2 Å². The maximum absolute atomic E-state index is 11.7. The quantitative estimate of drug-likeness (QED) is 0.822. The smallest absolute Gasteiger partial charge is 0.223 e. The number of primary amides is 1. The van der Waals surface area contributed by atoms with Crippen LogP contribution in [0.4, 0.5) is 0 Å². The van der Waals surface area contributed by atoms with Crippen molar-refractivity contribution in [3.05, 3.63) is 45.2 Å². The molecule has 1 aromatic carbocycles. The molecule has 0 spiro atoms. The van der Waals surface area contributed by atoms with Crippen molar-refractivity contribution in [2.75, 3.05) is 0 Å². The topological polar surface area (TPSA) is 76.0 Å². The molecule has 0 atom stereocenters. The zero-order valence-corrected chi connectivity index (χ0v) is 9.04. The number of carbonyl (C=O) groups excluding carboxylic acids is 1. The molecule has 1 amide bonds. The molecule has 0 aliphatic carbocycles. The van der Waals surface area contributed by atoms with E-state index in [0.29, 0.717) is 21.6 Å². The predicted octanol–water partition coefficient (Wildman–Crippen LogP) is 1.21. The van der Waals surface area contributed by atoms with Gasteiger partial charge in [0.25, 0.3) is 0 Å². The largest absolute Gasteiger partial charge is 0.369 e. The molecule has 4 nitrogen and oxygen atoms in total. The van der Waals surface area contributed by atoms with Crippen LogP contribution in [-0.4, -0.2) is 10.9 Å². The molecule has 2 aromatic rings. The third-order valence-corrected chi connectivity index (χ3v) is 2.45. The maximum atomic E-state index is 11.7. The Morgan fingerprint density at radius 1 is 1.38 bits per heavy atom. The van der Waals surface area contributed by atoms with Crippen LogP contribution in [0.1, 0.15) is 5.69 Å². The highest BCUT2D eigenvalue weighted by Gasteiger charge is 2.04. The van der Waals surface area contributed by atoms with Crippen LogP contribution in [0.5, 0.6) is 0 Å². The first kappa shape index (κ1) is 10.7. The van der Waals surface area contributed by atoms with Crippen LogP contribution in [0.15, 0.2) is 29.1 Å². The van der Waals surface area contributed by atoms with Gasteiger partial charge in [-0.25, -0.2) is 0 Å². The Morgan fingerprint density at radius 3 is 2.81 bits per heavy atom. The molecule has 0 fully saturated rings. The summed E-state index contributed by atoms with van der Waals surface area (Å²) in [5.41, 5.74) is 6.04. The van der Waals surface area contributed by atoms with Crippen molar-refractivity contribution >= 4 is 28.4 Å². The number of carbonyl (C=O) groups is 1. The van der Waals surface area contributed by atoms with Gasteiger partial charge in [0.2, 0.25) is 5.91 Å². The lowest BCUT2D eigenvalue weighted by atomic mass is 10.1. The van der Waals surface area contributed by atoms with E-state index in [1.54, 1.807) is 18.2 Å². The summed E-state index contributed by atoms with van der Waals surface area (Å²) in [5, 5.41) is 1.00. The Balaban J connectivity index is 2.64. The van der Waals surface area contributed by atoms with Gasteiger partial charge < -0.3 is 10.7 Å².